The van der Waals surface area contributed by atoms with E-state index < -0.39 is 0 Å². The van der Waals surface area contributed by atoms with Crippen molar-refractivity contribution >= 4 is 5.78 Å². The summed E-state index contributed by atoms with van der Waals surface area (Å²) in [6.45, 7) is 0. The van der Waals surface area contributed by atoms with Crippen LogP contribution in [0, 0.1) is 29.6 Å². The highest BCUT2D eigenvalue weighted by Gasteiger charge is 2.64. The van der Waals surface area contributed by atoms with Crippen LogP contribution in [0.4, 0.5) is 0 Å². The van der Waals surface area contributed by atoms with Crippen LogP contribution in [0.25, 0.3) is 0 Å². The molecule has 4 rings (SSSR count). The lowest BCUT2D eigenvalue weighted by Gasteiger charge is -2.17. The van der Waals surface area contributed by atoms with Crippen LogP contribution in [0.5, 0.6) is 0 Å². The van der Waals surface area contributed by atoms with Crippen molar-refractivity contribution in [2.24, 2.45) is 29.6 Å². The Balaban J connectivity index is 1.66. The average Bonchev–Trinajstić information content (AvgIpc) is 2.98. The average molecular weight is 212 g/mol. The van der Waals surface area contributed by atoms with E-state index in [9.17, 15) is 4.79 Å². The lowest BCUT2D eigenvalue weighted by atomic mass is 9.85. The van der Waals surface area contributed by atoms with Gasteiger partial charge in [-0.05, 0) is 42.9 Å². The fourth-order valence-electron chi connectivity index (χ4n) is 4.43. The second-order valence-corrected chi connectivity index (χ2v) is 5.72. The summed E-state index contributed by atoms with van der Waals surface area (Å²) in [5, 5.41) is 0. The molecule has 0 aromatic heterocycles. The number of carbonyl (C=O) groups excluding carboxylic acids is 1. The Morgan fingerprint density at radius 1 is 0.938 bits per heavy atom. The number of rotatable bonds is 2. The number of hydrogen-bond acceptors (Lipinski definition) is 1. The van der Waals surface area contributed by atoms with Crippen molar-refractivity contribution in [1.82, 2.24) is 0 Å². The number of carbonyl (C=O) groups is 1. The summed E-state index contributed by atoms with van der Waals surface area (Å²) in [5.74, 6) is 4.14. The van der Waals surface area contributed by atoms with Gasteiger partial charge >= 0.3 is 0 Å². The zero-order chi connectivity index (χ0) is 10.7. The summed E-state index contributed by atoms with van der Waals surface area (Å²) in [6, 6.07) is 9.89. The summed E-state index contributed by atoms with van der Waals surface area (Å²) >= 11 is 0. The Morgan fingerprint density at radius 3 is 2.19 bits per heavy atom. The van der Waals surface area contributed by atoms with E-state index in [4.69, 9.17) is 0 Å². The summed E-state index contributed by atoms with van der Waals surface area (Å²) in [4.78, 5) is 12.5. The van der Waals surface area contributed by atoms with E-state index >= 15 is 0 Å². The SMILES string of the molecule is O=C(c1ccccc1)C1C2CCC1C1CC12. The number of Topliss-reactive ketones (excluding diaryl/α,β-unsaturated/α-hetero) is 1. The van der Waals surface area contributed by atoms with Crippen LogP contribution < -0.4 is 0 Å². The monoisotopic (exact) mass is 212 g/mol. The van der Waals surface area contributed by atoms with Crippen molar-refractivity contribution in [2.75, 3.05) is 0 Å². The molecule has 4 unspecified atom stereocenters. The molecule has 0 saturated heterocycles. The molecule has 82 valence electrons. The van der Waals surface area contributed by atoms with E-state index in [0.29, 0.717) is 11.7 Å². The molecule has 1 heteroatoms. The van der Waals surface area contributed by atoms with Gasteiger partial charge in [0.2, 0.25) is 0 Å². The summed E-state index contributed by atoms with van der Waals surface area (Å²) < 4.78 is 0. The predicted molar refractivity (Wildman–Crippen MR) is 62.1 cm³/mol. The third-order valence-electron chi connectivity index (χ3n) is 5.11. The zero-order valence-corrected chi connectivity index (χ0v) is 9.30. The molecular weight excluding hydrogens is 196 g/mol. The maximum absolute atomic E-state index is 12.5. The molecule has 0 aliphatic heterocycles. The molecule has 0 amide bonds. The summed E-state index contributed by atoms with van der Waals surface area (Å²) in [7, 11) is 0. The van der Waals surface area contributed by atoms with E-state index in [0.717, 1.165) is 29.2 Å². The molecule has 0 radical (unpaired) electrons. The first-order valence-corrected chi connectivity index (χ1v) is 6.45. The second kappa shape index (κ2) is 2.97. The van der Waals surface area contributed by atoms with Crippen LogP contribution in [0.1, 0.15) is 29.6 Å². The highest BCUT2D eigenvalue weighted by atomic mass is 16.1. The lowest BCUT2D eigenvalue weighted by Crippen LogP contribution is -2.22. The number of ketones is 1. The van der Waals surface area contributed by atoms with Crippen molar-refractivity contribution in [1.29, 1.82) is 0 Å². The Labute approximate surface area is 95.9 Å². The molecule has 1 aromatic carbocycles. The minimum atomic E-state index is 0.381. The molecular formula is C15H16O. The van der Waals surface area contributed by atoms with Crippen molar-refractivity contribution in [3.05, 3.63) is 35.9 Å². The van der Waals surface area contributed by atoms with Gasteiger partial charge in [0.1, 0.15) is 0 Å². The Kier molecular flexibility index (Phi) is 1.66. The minimum absolute atomic E-state index is 0.381. The van der Waals surface area contributed by atoms with Gasteiger partial charge in [0.15, 0.2) is 5.78 Å². The Morgan fingerprint density at radius 2 is 1.56 bits per heavy atom. The quantitative estimate of drug-likeness (QED) is 0.688. The first-order chi connectivity index (χ1) is 7.86. The van der Waals surface area contributed by atoms with E-state index in [1.54, 1.807) is 0 Å². The van der Waals surface area contributed by atoms with Gasteiger partial charge < -0.3 is 0 Å². The van der Waals surface area contributed by atoms with E-state index in [1.807, 2.05) is 30.3 Å². The highest BCUT2D eigenvalue weighted by Crippen LogP contribution is 2.68. The fourth-order valence-corrected chi connectivity index (χ4v) is 4.43. The van der Waals surface area contributed by atoms with Crippen molar-refractivity contribution in [2.45, 2.75) is 19.3 Å². The third-order valence-corrected chi connectivity index (χ3v) is 5.11. The second-order valence-electron chi connectivity index (χ2n) is 5.72. The Hall–Kier alpha value is -1.11. The van der Waals surface area contributed by atoms with Gasteiger partial charge in [0, 0.05) is 11.5 Å². The van der Waals surface area contributed by atoms with Gasteiger partial charge in [-0.1, -0.05) is 30.3 Å². The molecule has 0 heterocycles. The van der Waals surface area contributed by atoms with Crippen LogP contribution in [0.2, 0.25) is 0 Å². The molecule has 3 saturated carbocycles. The fraction of sp³-hybridized carbons (Fsp3) is 0.533. The largest absolute Gasteiger partial charge is 0.294 e. The van der Waals surface area contributed by atoms with Gasteiger partial charge in [0.25, 0.3) is 0 Å². The molecule has 4 atom stereocenters. The number of fused-ring (bicyclic) bond motifs is 5. The smallest absolute Gasteiger partial charge is 0.166 e. The van der Waals surface area contributed by atoms with Crippen molar-refractivity contribution in [3.63, 3.8) is 0 Å². The van der Waals surface area contributed by atoms with Gasteiger partial charge in [0.05, 0.1) is 0 Å². The minimum Gasteiger partial charge on any atom is -0.294 e. The van der Waals surface area contributed by atoms with E-state index in [-0.39, 0.29) is 0 Å². The van der Waals surface area contributed by atoms with Gasteiger partial charge in [-0.3, -0.25) is 4.79 Å². The van der Waals surface area contributed by atoms with Gasteiger partial charge in [-0.2, -0.15) is 0 Å². The first kappa shape index (κ1) is 8.98. The van der Waals surface area contributed by atoms with Crippen molar-refractivity contribution < 1.29 is 4.79 Å². The maximum atomic E-state index is 12.5. The van der Waals surface area contributed by atoms with Crippen LogP contribution in [-0.4, -0.2) is 5.78 Å². The van der Waals surface area contributed by atoms with Crippen LogP contribution in [0.15, 0.2) is 30.3 Å². The van der Waals surface area contributed by atoms with Crippen molar-refractivity contribution in [3.8, 4) is 0 Å². The predicted octanol–water partition coefficient (Wildman–Crippen LogP) is 3.16. The molecule has 1 nitrogen and oxygen atoms in total. The third kappa shape index (κ3) is 1.04. The summed E-state index contributed by atoms with van der Waals surface area (Å²) in [6.07, 6.45) is 4.05. The van der Waals surface area contributed by atoms with Crippen LogP contribution in [-0.2, 0) is 0 Å². The molecule has 3 fully saturated rings. The van der Waals surface area contributed by atoms with Crippen LogP contribution in [0.3, 0.4) is 0 Å². The molecule has 2 bridgehead atoms. The Bertz CT molecular complexity index is 420. The van der Waals surface area contributed by atoms with Gasteiger partial charge in [-0.25, -0.2) is 0 Å². The van der Waals surface area contributed by atoms with Gasteiger partial charge in [-0.15, -0.1) is 0 Å². The first-order valence-electron chi connectivity index (χ1n) is 6.45. The molecule has 3 aliphatic carbocycles. The molecule has 0 N–H and O–H groups in total. The number of hydrogen-bond donors (Lipinski definition) is 0. The summed E-state index contributed by atoms with van der Waals surface area (Å²) in [5.41, 5.74) is 0.936. The highest BCUT2D eigenvalue weighted by molar-refractivity contribution is 5.98. The normalized spacial score (nSPS) is 43.1. The van der Waals surface area contributed by atoms with E-state index in [1.165, 1.54) is 19.3 Å². The van der Waals surface area contributed by atoms with Crippen LogP contribution >= 0.6 is 0 Å². The molecule has 3 aliphatic rings. The topological polar surface area (TPSA) is 17.1 Å². The zero-order valence-electron chi connectivity index (χ0n) is 9.30. The van der Waals surface area contributed by atoms with E-state index in [2.05, 4.69) is 0 Å². The maximum Gasteiger partial charge on any atom is 0.166 e. The molecule has 0 spiro atoms. The molecule has 16 heavy (non-hydrogen) atoms. The standard InChI is InChI=1S/C15H16O/c16-15(9-4-2-1-3-5-9)14-10-6-7-11(14)13-8-12(10)13/h1-5,10-14H,6-8H2. The number of benzene rings is 1. The molecule has 1 aromatic rings. The lowest BCUT2D eigenvalue weighted by molar-refractivity contribution is 0.0869.